The molecule has 144 valence electrons. The first-order valence-corrected chi connectivity index (χ1v) is 7.80. The quantitative estimate of drug-likeness (QED) is 0.245. The highest BCUT2D eigenvalue weighted by atomic mass is 16.6. The fourth-order valence-electron chi connectivity index (χ4n) is 2.19. The van der Waals surface area contributed by atoms with E-state index in [0.29, 0.717) is 5.56 Å². The van der Waals surface area contributed by atoms with E-state index in [0.717, 1.165) is 6.08 Å². The van der Waals surface area contributed by atoms with Crippen LogP contribution in [0.15, 0.2) is 48.5 Å². The molecule has 9 nitrogen and oxygen atoms in total. The van der Waals surface area contributed by atoms with Crippen molar-refractivity contribution in [2.24, 2.45) is 0 Å². The summed E-state index contributed by atoms with van der Waals surface area (Å²) >= 11 is 0. The lowest BCUT2D eigenvalue weighted by Crippen LogP contribution is -2.09. The highest BCUT2D eigenvalue weighted by molar-refractivity contribution is 5.96. The van der Waals surface area contributed by atoms with Gasteiger partial charge in [0.1, 0.15) is 5.75 Å². The van der Waals surface area contributed by atoms with Gasteiger partial charge in [-0.3, -0.25) is 10.1 Å². The van der Waals surface area contributed by atoms with E-state index >= 15 is 0 Å². The fourth-order valence-corrected chi connectivity index (χ4v) is 2.19. The molecule has 2 rings (SSSR count). The van der Waals surface area contributed by atoms with Crippen molar-refractivity contribution in [1.29, 1.82) is 0 Å². The van der Waals surface area contributed by atoms with Crippen LogP contribution in [-0.4, -0.2) is 37.1 Å². The van der Waals surface area contributed by atoms with E-state index in [-0.39, 0.29) is 22.6 Å². The largest absolute Gasteiger partial charge is 0.465 e. The van der Waals surface area contributed by atoms with Crippen LogP contribution in [0.5, 0.6) is 5.75 Å². The molecule has 0 radical (unpaired) electrons. The molecular weight excluding hydrogens is 370 g/mol. The van der Waals surface area contributed by atoms with Gasteiger partial charge in [-0.15, -0.1) is 0 Å². The summed E-state index contributed by atoms with van der Waals surface area (Å²) in [5.41, 5.74) is 0.292. The molecular formula is C19H15NO8. The average molecular weight is 385 g/mol. The number of nitro groups is 1. The summed E-state index contributed by atoms with van der Waals surface area (Å²) in [5.74, 6) is -2.34. The van der Waals surface area contributed by atoms with Crippen LogP contribution in [0.3, 0.4) is 0 Å². The van der Waals surface area contributed by atoms with Gasteiger partial charge in [-0.2, -0.15) is 0 Å². The Labute approximate surface area is 159 Å². The Morgan fingerprint density at radius 2 is 1.57 bits per heavy atom. The van der Waals surface area contributed by atoms with Gasteiger partial charge < -0.3 is 14.2 Å². The Morgan fingerprint density at radius 1 is 0.964 bits per heavy atom. The Bertz CT molecular complexity index is 930. The first kappa shape index (κ1) is 20.3. The van der Waals surface area contributed by atoms with E-state index in [2.05, 4.69) is 9.47 Å². The molecule has 9 heteroatoms. The molecule has 0 bridgehead atoms. The van der Waals surface area contributed by atoms with Gasteiger partial charge in [0.15, 0.2) is 0 Å². The predicted octanol–water partition coefficient (Wildman–Crippen LogP) is 2.79. The monoisotopic (exact) mass is 385 g/mol. The molecule has 0 atom stereocenters. The second kappa shape index (κ2) is 9.08. The first-order valence-electron chi connectivity index (χ1n) is 7.80. The lowest BCUT2D eigenvalue weighted by molar-refractivity contribution is -0.384. The third kappa shape index (κ3) is 5.24. The molecule has 28 heavy (non-hydrogen) atoms. The summed E-state index contributed by atoms with van der Waals surface area (Å²) in [7, 11) is 2.33. The van der Waals surface area contributed by atoms with Crippen LogP contribution >= 0.6 is 0 Å². The van der Waals surface area contributed by atoms with Crippen molar-refractivity contribution in [2.75, 3.05) is 14.2 Å². The van der Waals surface area contributed by atoms with Crippen LogP contribution in [-0.2, 0) is 14.3 Å². The van der Waals surface area contributed by atoms with E-state index in [9.17, 15) is 24.5 Å². The van der Waals surface area contributed by atoms with E-state index in [1.165, 1.54) is 56.7 Å². The predicted molar refractivity (Wildman–Crippen MR) is 96.9 cm³/mol. The molecule has 0 aliphatic heterocycles. The number of esters is 3. The first-order chi connectivity index (χ1) is 13.3. The third-order valence-electron chi connectivity index (χ3n) is 3.46. The van der Waals surface area contributed by atoms with Gasteiger partial charge >= 0.3 is 17.9 Å². The molecule has 0 fully saturated rings. The molecule has 2 aromatic carbocycles. The number of hydrogen-bond acceptors (Lipinski definition) is 8. The Kier molecular flexibility index (Phi) is 6.58. The smallest absolute Gasteiger partial charge is 0.338 e. The van der Waals surface area contributed by atoms with Crippen LogP contribution in [0, 0.1) is 10.1 Å². The van der Waals surface area contributed by atoms with Gasteiger partial charge in [0.2, 0.25) is 0 Å². The molecule has 0 aromatic heterocycles. The topological polar surface area (TPSA) is 122 Å². The maximum atomic E-state index is 12.0. The number of nitro benzene ring substituents is 1. The number of non-ortho nitro benzene ring substituents is 1. The van der Waals surface area contributed by atoms with E-state index in [4.69, 9.17) is 4.74 Å². The molecule has 0 saturated heterocycles. The van der Waals surface area contributed by atoms with Crippen molar-refractivity contribution in [2.45, 2.75) is 0 Å². The zero-order valence-corrected chi connectivity index (χ0v) is 14.9. The van der Waals surface area contributed by atoms with Crippen molar-refractivity contribution < 1.29 is 33.5 Å². The maximum absolute atomic E-state index is 12.0. The molecule has 0 heterocycles. The minimum Gasteiger partial charge on any atom is -0.465 e. The standard InChI is InChI=1S/C19H15NO8/c1-26-18(22)13-9-14(19(23)27-2)11-16(10-13)28-17(21)7-6-12-4-3-5-15(8-12)20(24)25/h3-11H,1-2H3. The zero-order valence-electron chi connectivity index (χ0n) is 14.9. The van der Waals surface area contributed by atoms with Crippen LogP contribution in [0.25, 0.3) is 6.08 Å². The summed E-state index contributed by atoms with van der Waals surface area (Å²) < 4.78 is 14.3. The van der Waals surface area contributed by atoms with Gasteiger partial charge in [0, 0.05) is 18.2 Å². The third-order valence-corrected chi connectivity index (χ3v) is 3.46. The van der Waals surface area contributed by atoms with Gasteiger partial charge in [-0.1, -0.05) is 12.1 Å². The number of ether oxygens (including phenoxy) is 3. The Morgan fingerprint density at radius 3 is 2.11 bits per heavy atom. The maximum Gasteiger partial charge on any atom is 0.338 e. The number of carbonyl (C=O) groups excluding carboxylic acids is 3. The number of nitrogens with zero attached hydrogens (tertiary/aromatic N) is 1. The Hall–Kier alpha value is -4.01. The normalized spacial score (nSPS) is 10.4. The van der Waals surface area contributed by atoms with Crippen LogP contribution in [0.4, 0.5) is 5.69 Å². The van der Waals surface area contributed by atoms with Crippen molar-refractivity contribution in [3.63, 3.8) is 0 Å². The lowest BCUT2D eigenvalue weighted by Gasteiger charge is -2.07. The van der Waals surface area contributed by atoms with E-state index in [1.54, 1.807) is 6.07 Å². The SMILES string of the molecule is COC(=O)c1cc(OC(=O)C=Cc2cccc([N+](=O)[O-])c2)cc(C(=O)OC)c1. The van der Waals surface area contributed by atoms with Crippen molar-refractivity contribution in [3.05, 3.63) is 75.3 Å². The highest BCUT2D eigenvalue weighted by Gasteiger charge is 2.15. The number of hydrogen-bond donors (Lipinski definition) is 0. The van der Waals surface area contributed by atoms with Gasteiger partial charge in [-0.25, -0.2) is 14.4 Å². The van der Waals surface area contributed by atoms with Gasteiger partial charge in [0.25, 0.3) is 5.69 Å². The number of methoxy groups -OCH3 is 2. The molecule has 0 N–H and O–H groups in total. The minimum absolute atomic E-state index is 0.00383. The van der Waals surface area contributed by atoms with Gasteiger partial charge in [-0.05, 0) is 29.8 Å². The summed E-state index contributed by atoms with van der Waals surface area (Å²) in [6, 6.07) is 9.37. The average Bonchev–Trinajstić information content (AvgIpc) is 2.70. The van der Waals surface area contributed by atoms with Crippen LogP contribution in [0.2, 0.25) is 0 Å². The molecule has 2 aromatic rings. The minimum atomic E-state index is -0.815. The summed E-state index contributed by atoms with van der Waals surface area (Å²) in [4.78, 5) is 45.7. The lowest BCUT2D eigenvalue weighted by atomic mass is 10.1. The number of benzene rings is 2. The molecule has 0 unspecified atom stereocenters. The second-order valence-corrected chi connectivity index (χ2v) is 5.34. The molecule has 0 aliphatic rings. The molecule has 0 aliphatic carbocycles. The highest BCUT2D eigenvalue weighted by Crippen LogP contribution is 2.20. The summed E-state index contributed by atoms with van der Waals surface area (Å²) in [6.45, 7) is 0. The van der Waals surface area contributed by atoms with Gasteiger partial charge in [0.05, 0.1) is 30.3 Å². The van der Waals surface area contributed by atoms with Crippen LogP contribution < -0.4 is 4.74 Å². The van der Waals surface area contributed by atoms with E-state index in [1.807, 2.05) is 0 Å². The number of rotatable bonds is 6. The molecule has 0 amide bonds. The fraction of sp³-hybridized carbons (Fsp3) is 0.105. The van der Waals surface area contributed by atoms with Crippen molar-refractivity contribution >= 4 is 29.7 Å². The Balaban J connectivity index is 2.22. The summed E-state index contributed by atoms with van der Waals surface area (Å²) in [6.07, 6.45) is 2.39. The molecule has 0 saturated carbocycles. The molecule has 0 spiro atoms. The van der Waals surface area contributed by atoms with E-state index < -0.39 is 22.8 Å². The zero-order chi connectivity index (χ0) is 20.7. The van der Waals surface area contributed by atoms with Crippen molar-refractivity contribution in [1.82, 2.24) is 0 Å². The van der Waals surface area contributed by atoms with Crippen molar-refractivity contribution in [3.8, 4) is 5.75 Å². The second-order valence-electron chi connectivity index (χ2n) is 5.34. The number of carbonyl (C=O) groups is 3. The summed E-state index contributed by atoms with van der Waals surface area (Å²) in [5, 5.41) is 10.8. The van der Waals surface area contributed by atoms with Crippen LogP contribution in [0.1, 0.15) is 26.3 Å².